The zero-order chi connectivity index (χ0) is 18.2. The number of para-hydroxylation sites is 1. The highest BCUT2D eigenvalue weighted by molar-refractivity contribution is 6.34. The van der Waals surface area contributed by atoms with E-state index in [1.807, 2.05) is 25.1 Å². The van der Waals surface area contributed by atoms with Gasteiger partial charge in [0.05, 0.1) is 16.6 Å². The molecule has 2 amide bonds. The van der Waals surface area contributed by atoms with Crippen molar-refractivity contribution in [2.75, 3.05) is 18.5 Å². The zero-order valence-corrected chi connectivity index (χ0v) is 16.9. The summed E-state index contributed by atoms with van der Waals surface area (Å²) < 4.78 is 0. The summed E-state index contributed by atoms with van der Waals surface area (Å²) >= 11 is 6.23. The molecule has 1 aliphatic carbocycles. The molecule has 3 rings (SSSR count). The smallest absolute Gasteiger partial charge is 0.249 e. The lowest BCUT2D eigenvalue weighted by Crippen LogP contribution is -2.55. The molecule has 5 nitrogen and oxygen atoms in total. The van der Waals surface area contributed by atoms with Crippen LogP contribution in [0.1, 0.15) is 39.0 Å². The van der Waals surface area contributed by atoms with Crippen LogP contribution in [0.5, 0.6) is 0 Å². The van der Waals surface area contributed by atoms with E-state index in [9.17, 15) is 9.59 Å². The largest absolute Gasteiger partial charge is 0.333 e. The van der Waals surface area contributed by atoms with E-state index in [-0.39, 0.29) is 30.1 Å². The Bertz CT molecular complexity index is 681. The minimum absolute atomic E-state index is 0. The first-order chi connectivity index (χ1) is 11.8. The highest BCUT2D eigenvalue weighted by Crippen LogP contribution is 2.35. The van der Waals surface area contributed by atoms with Gasteiger partial charge >= 0.3 is 0 Å². The van der Waals surface area contributed by atoms with Gasteiger partial charge in [-0.25, -0.2) is 0 Å². The number of hydrogen-bond donors (Lipinski definition) is 1. The molecular weight excluding hydrogens is 373 g/mol. The van der Waals surface area contributed by atoms with Gasteiger partial charge in [0.1, 0.15) is 6.04 Å². The lowest BCUT2D eigenvalue weighted by Gasteiger charge is -2.40. The van der Waals surface area contributed by atoms with Crippen LogP contribution in [0, 0.1) is 5.92 Å². The van der Waals surface area contributed by atoms with Crippen LogP contribution in [0.15, 0.2) is 24.3 Å². The normalized spacial score (nSPS) is 28.6. The molecule has 1 saturated heterocycles. The fourth-order valence-corrected chi connectivity index (χ4v) is 4.34. The van der Waals surface area contributed by atoms with Gasteiger partial charge in [-0.05, 0) is 38.3 Å². The number of rotatable bonds is 3. The first-order valence-corrected chi connectivity index (χ1v) is 9.32. The van der Waals surface area contributed by atoms with Crippen molar-refractivity contribution in [1.29, 1.82) is 0 Å². The summed E-state index contributed by atoms with van der Waals surface area (Å²) in [5.41, 5.74) is 6.59. The summed E-state index contributed by atoms with van der Waals surface area (Å²) in [5.74, 6) is -0.295. The summed E-state index contributed by atoms with van der Waals surface area (Å²) in [6.45, 7) is 2.52. The Kier molecular flexibility index (Phi) is 6.59. The number of hydrogen-bond acceptors (Lipinski definition) is 3. The van der Waals surface area contributed by atoms with Gasteiger partial charge in [-0.2, -0.15) is 0 Å². The Labute approximate surface area is 166 Å². The van der Waals surface area contributed by atoms with Crippen LogP contribution in [0.3, 0.4) is 0 Å². The first kappa shape index (κ1) is 21.0. The highest BCUT2D eigenvalue weighted by atomic mass is 35.5. The number of nitrogens with zero attached hydrogens (tertiary/aromatic N) is 2. The maximum Gasteiger partial charge on any atom is 0.249 e. The molecule has 26 heavy (non-hydrogen) atoms. The number of anilines is 1. The number of carbonyl (C=O) groups excluding carboxylic acids is 2. The van der Waals surface area contributed by atoms with Crippen molar-refractivity contribution in [3.63, 3.8) is 0 Å². The Morgan fingerprint density at radius 1 is 1.31 bits per heavy atom. The molecule has 0 radical (unpaired) electrons. The van der Waals surface area contributed by atoms with E-state index >= 15 is 0 Å². The molecule has 2 fully saturated rings. The fourth-order valence-electron chi connectivity index (χ4n) is 4.10. The van der Waals surface area contributed by atoms with Gasteiger partial charge in [0.15, 0.2) is 0 Å². The summed E-state index contributed by atoms with van der Waals surface area (Å²) in [5, 5.41) is 0.548. The van der Waals surface area contributed by atoms with Crippen LogP contribution < -0.4 is 10.6 Å². The molecule has 1 saturated carbocycles. The van der Waals surface area contributed by atoms with Crippen molar-refractivity contribution in [2.45, 2.75) is 50.6 Å². The zero-order valence-electron chi connectivity index (χ0n) is 15.3. The third-order valence-corrected chi connectivity index (χ3v) is 6.01. The van der Waals surface area contributed by atoms with Gasteiger partial charge in [0, 0.05) is 19.1 Å². The number of amides is 2. The molecule has 1 aromatic carbocycles. The molecule has 1 heterocycles. The molecular formula is C19H27Cl2N3O2. The van der Waals surface area contributed by atoms with Crippen LogP contribution in [0.25, 0.3) is 0 Å². The minimum Gasteiger partial charge on any atom is -0.333 e. The maximum absolute atomic E-state index is 13.0. The standard InChI is InChI=1S/C19H26ClN3O2.ClH/c1-19(21)11-6-5-7-13(19)17(24)22(2)16-10-12-23(18(16)25)15-9-4-3-8-14(15)20;/h3-4,8-9,13,16H,5-7,10-12,21H2,1-2H3;1H. The van der Waals surface area contributed by atoms with Crippen molar-refractivity contribution in [1.82, 2.24) is 4.90 Å². The molecule has 1 aromatic rings. The van der Waals surface area contributed by atoms with Crippen LogP contribution in [0.2, 0.25) is 5.02 Å². The third-order valence-electron chi connectivity index (χ3n) is 5.69. The van der Waals surface area contributed by atoms with E-state index in [2.05, 4.69) is 0 Å². The van der Waals surface area contributed by atoms with Crippen molar-refractivity contribution >= 4 is 41.5 Å². The van der Waals surface area contributed by atoms with E-state index in [0.717, 1.165) is 25.7 Å². The monoisotopic (exact) mass is 399 g/mol. The molecule has 0 aromatic heterocycles. The summed E-state index contributed by atoms with van der Waals surface area (Å²) in [4.78, 5) is 29.2. The van der Waals surface area contributed by atoms with Crippen LogP contribution in [-0.4, -0.2) is 41.9 Å². The van der Waals surface area contributed by atoms with Crippen LogP contribution in [-0.2, 0) is 9.59 Å². The Morgan fingerprint density at radius 2 is 2.00 bits per heavy atom. The number of likely N-dealkylation sites (N-methyl/N-ethyl adjacent to an activating group) is 1. The van der Waals surface area contributed by atoms with Gasteiger partial charge in [0.25, 0.3) is 0 Å². The predicted molar refractivity (Wildman–Crippen MR) is 107 cm³/mol. The molecule has 0 spiro atoms. The van der Waals surface area contributed by atoms with E-state index < -0.39 is 11.6 Å². The van der Waals surface area contributed by atoms with E-state index in [4.69, 9.17) is 17.3 Å². The quantitative estimate of drug-likeness (QED) is 0.847. The number of benzene rings is 1. The molecule has 1 aliphatic heterocycles. The number of nitrogens with two attached hydrogens (primary N) is 1. The molecule has 3 unspecified atom stereocenters. The second kappa shape index (κ2) is 8.15. The van der Waals surface area contributed by atoms with Crippen LogP contribution in [0.4, 0.5) is 5.69 Å². The van der Waals surface area contributed by atoms with E-state index in [0.29, 0.717) is 23.7 Å². The first-order valence-electron chi connectivity index (χ1n) is 8.94. The van der Waals surface area contributed by atoms with Gasteiger partial charge in [0.2, 0.25) is 11.8 Å². The van der Waals surface area contributed by atoms with Gasteiger partial charge in [-0.15, -0.1) is 12.4 Å². The Hall–Kier alpha value is -1.30. The third kappa shape index (κ3) is 3.85. The average molecular weight is 400 g/mol. The van der Waals surface area contributed by atoms with E-state index in [1.165, 1.54) is 0 Å². The SMILES string of the molecule is CN(C(=O)C1CCCCC1(C)N)C1CCN(c2ccccc2Cl)C1=O.Cl. The van der Waals surface area contributed by atoms with Crippen molar-refractivity contribution < 1.29 is 9.59 Å². The van der Waals surface area contributed by atoms with Crippen molar-refractivity contribution in [2.24, 2.45) is 11.7 Å². The maximum atomic E-state index is 13.0. The molecule has 2 N–H and O–H groups in total. The number of halogens is 2. The van der Waals surface area contributed by atoms with Crippen LogP contribution >= 0.6 is 24.0 Å². The van der Waals surface area contributed by atoms with Crippen molar-refractivity contribution in [3.05, 3.63) is 29.3 Å². The summed E-state index contributed by atoms with van der Waals surface area (Å²) in [7, 11) is 1.73. The average Bonchev–Trinajstić information content (AvgIpc) is 2.95. The number of carbonyl (C=O) groups is 2. The fraction of sp³-hybridized carbons (Fsp3) is 0.579. The lowest BCUT2D eigenvalue weighted by atomic mass is 9.74. The van der Waals surface area contributed by atoms with E-state index in [1.54, 1.807) is 22.9 Å². The van der Waals surface area contributed by atoms with Gasteiger partial charge in [-0.1, -0.05) is 36.6 Å². The molecule has 7 heteroatoms. The van der Waals surface area contributed by atoms with Gasteiger partial charge < -0.3 is 15.5 Å². The minimum atomic E-state index is -0.492. The lowest BCUT2D eigenvalue weighted by molar-refractivity contribution is -0.143. The van der Waals surface area contributed by atoms with Gasteiger partial charge in [-0.3, -0.25) is 9.59 Å². The predicted octanol–water partition coefficient (Wildman–Crippen LogP) is 3.23. The second-order valence-corrected chi connectivity index (χ2v) is 7.91. The summed E-state index contributed by atoms with van der Waals surface area (Å²) in [6.07, 6.45) is 4.33. The second-order valence-electron chi connectivity index (χ2n) is 7.50. The molecule has 144 valence electrons. The molecule has 2 aliphatic rings. The Morgan fingerprint density at radius 3 is 2.65 bits per heavy atom. The topological polar surface area (TPSA) is 66.6 Å². The highest BCUT2D eigenvalue weighted by Gasteiger charge is 2.44. The molecule has 0 bridgehead atoms. The molecule has 3 atom stereocenters. The Balaban J connectivity index is 0.00000243. The van der Waals surface area contributed by atoms with Crippen molar-refractivity contribution in [3.8, 4) is 0 Å². The summed E-state index contributed by atoms with van der Waals surface area (Å²) in [6, 6.07) is 6.86.